The smallest absolute Gasteiger partial charge is 0.298 e. The van der Waals surface area contributed by atoms with Crippen molar-refractivity contribution in [2.45, 2.75) is 11.1 Å². The molecule has 0 radical (unpaired) electrons. The molecule has 1 aromatic rings. The summed E-state index contributed by atoms with van der Waals surface area (Å²) in [6.45, 7) is 0. The van der Waals surface area contributed by atoms with Crippen LogP contribution in [0.25, 0.3) is 0 Å². The minimum atomic E-state index is -4.82. The van der Waals surface area contributed by atoms with E-state index in [-0.39, 0.29) is 11.8 Å². The predicted octanol–water partition coefficient (Wildman–Crippen LogP) is 1.84. The second-order valence-electron chi connectivity index (χ2n) is 3.03. The van der Waals surface area contributed by atoms with Gasteiger partial charge in [0.2, 0.25) is 0 Å². The molecule has 0 bridgehead atoms. The van der Waals surface area contributed by atoms with Gasteiger partial charge in [-0.1, -0.05) is 18.2 Å². The van der Waals surface area contributed by atoms with Gasteiger partial charge in [-0.2, -0.15) is 13.2 Å². The Kier molecular flexibility index (Phi) is 3.37. The van der Waals surface area contributed by atoms with Gasteiger partial charge in [-0.25, -0.2) is 8.42 Å². The molecule has 16 heavy (non-hydrogen) atoms. The van der Waals surface area contributed by atoms with E-state index in [1.807, 2.05) is 0 Å². The second kappa shape index (κ2) is 4.25. The highest BCUT2D eigenvalue weighted by molar-refractivity contribution is 7.91. The first-order valence-electron chi connectivity index (χ1n) is 4.10. The Morgan fingerprint density at radius 1 is 1.19 bits per heavy atom. The standard InChI is InChI=1S/C9H7F3O3S/c10-9(11,12)6-16(14,15)8-4-2-1-3-7(8)5-13/h1-5H,6H2. The summed E-state index contributed by atoms with van der Waals surface area (Å²) in [5.41, 5.74) is -0.272. The van der Waals surface area contributed by atoms with E-state index in [2.05, 4.69) is 0 Å². The quantitative estimate of drug-likeness (QED) is 0.771. The van der Waals surface area contributed by atoms with E-state index in [0.29, 0.717) is 0 Å². The lowest BCUT2D eigenvalue weighted by Crippen LogP contribution is -2.23. The number of sulfone groups is 1. The molecule has 0 aliphatic rings. The van der Waals surface area contributed by atoms with E-state index in [0.717, 1.165) is 12.1 Å². The van der Waals surface area contributed by atoms with Crippen LogP contribution in [0.3, 0.4) is 0 Å². The second-order valence-corrected chi connectivity index (χ2v) is 4.99. The molecule has 0 amide bonds. The van der Waals surface area contributed by atoms with Crippen LogP contribution >= 0.6 is 0 Å². The van der Waals surface area contributed by atoms with Crippen LogP contribution in [0, 0.1) is 0 Å². The maximum Gasteiger partial charge on any atom is 0.403 e. The van der Waals surface area contributed by atoms with Crippen LogP contribution in [-0.4, -0.2) is 26.6 Å². The Morgan fingerprint density at radius 2 is 1.75 bits per heavy atom. The number of carbonyl (C=O) groups is 1. The molecule has 0 aliphatic heterocycles. The first kappa shape index (κ1) is 12.7. The van der Waals surface area contributed by atoms with Gasteiger partial charge in [-0.05, 0) is 6.07 Å². The lowest BCUT2D eigenvalue weighted by Gasteiger charge is -2.09. The predicted molar refractivity (Wildman–Crippen MR) is 49.9 cm³/mol. The summed E-state index contributed by atoms with van der Waals surface area (Å²) in [5.74, 6) is -1.97. The minimum absolute atomic E-state index is 0.212. The summed E-state index contributed by atoms with van der Waals surface area (Å²) in [5, 5.41) is 0. The summed E-state index contributed by atoms with van der Waals surface area (Å²) in [6, 6.07) is 4.76. The topological polar surface area (TPSA) is 51.2 Å². The minimum Gasteiger partial charge on any atom is -0.298 e. The van der Waals surface area contributed by atoms with Crippen molar-refractivity contribution in [1.29, 1.82) is 0 Å². The van der Waals surface area contributed by atoms with Crippen LogP contribution in [0.4, 0.5) is 13.2 Å². The maximum absolute atomic E-state index is 12.0. The molecular weight excluding hydrogens is 245 g/mol. The summed E-state index contributed by atoms with van der Waals surface area (Å²) >= 11 is 0. The molecule has 0 spiro atoms. The third-order valence-corrected chi connectivity index (χ3v) is 3.48. The fourth-order valence-corrected chi connectivity index (χ4v) is 2.50. The lowest BCUT2D eigenvalue weighted by molar-refractivity contribution is -0.106. The van der Waals surface area contributed by atoms with Crippen molar-refractivity contribution in [2.24, 2.45) is 0 Å². The van der Waals surface area contributed by atoms with Gasteiger partial charge in [0.05, 0.1) is 4.90 Å². The zero-order valence-electron chi connectivity index (χ0n) is 7.86. The third kappa shape index (κ3) is 3.06. The number of alkyl halides is 3. The zero-order valence-corrected chi connectivity index (χ0v) is 8.68. The maximum atomic E-state index is 12.0. The monoisotopic (exact) mass is 252 g/mol. The van der Waals surface area contributed by atoms with Crippen LogP contribution in [0.5, 0.6) is 0 Å². The molecule has 0 saturated carbocycles. The first-order chi connectivity index (χ1) is 7.26. The molecule has 0 saturated heterocycles. The number of benzene rings is 1. The molecule has 1 rings (SSSR count). The van der Waals surface area contributed by atoms with Gasteiger partial charge >= 0.3 is 6.18 Å². The van der Waals surface area contributed by atoms with Crippen molar-refractivity contribution < 1.29 is 26.4 Å². The highest BCUT2D eigenvalue weighted by Gasteiger charge is 2.36. The highest BCUT2D eigenvalue weighted by atomic mass is 32.2. The van der Waals surface area contributed by atoms with Crippen molar-refractivity contribution in [3.8, 4) is 0 Å². The number of carbonyl (C=O) groups excluding carboxylic acids is 1. The zero-order chi connectivity index (χ0) is 12.4. The van der Waals surface area contributed by atoms with Gasteiger partial charge in [0.25, 0.3) is 0 Å². The molecular formula is C9H7F3O3S. The van der Waals surface area contributed by atoms with Gasteiger partial charge in [0.1, 0.15) is 0 Å². The molecule has 1 aromatic carbocycles. The van der Waals surface area contributed by atoms with Crippen LogP contribution < -0.4 is 0 Å². The van der Waals surface area contributed by atoms with Gasteiger partial charge in [0.15, 0.2) is 21.9 Å². The van der Waals surface area contributed by atoms with Gasteiger partial charge in [-0.15, -0.1) is 0 Å². The number of rotatable bonds is 3. The largest absolute Gasteiger partial charge is 0.403 e. The molecule has 0 heterocycles. The first-order valence-corrected chi connectivity index (χ1v) is 5.75. The number of hydrogen-bond donors (Lipinski definition) is 0. The Balaban J connectivity index is 3.23. The van der Waals surface area contributed by atoms with Crippen molar-refractivity contribution in [1.82, 2.24) is 0 Å². The average Bonchev–Trinajstić information content (AvgIpc) is 2.14. The van der Waals surface area contributed by atoms with Crippen LogP contribution in [0.1, 0.15) is 10.4 Å². The van der Waals surface area contributed by atoms with Crippen molar-refractivity contribution in [2.75, 3.05) is 5.75 Å². The summed E-state index contributed by atoms with van der Waals surface area (Å²) in [6.07, 6.45) is -4.61. The normalized spacial score (nSPS) is 12.4. The van der Waals surface area contributed by atoms with Crippen LogP contribution in [-0.2, 0) is 9.84 Å². The molecule has 0 unspecified atom stereocenters. The summed E-state index contributed by atoms with van der Waals surface area (Å²) in [4.78, 5) is 9.90. The van der Waals surface area contributed by atoms with Crippen molar-refractivity contribution in [3.63, 3.8) is 0 Å². The summed E-state index contributed by atoms with van der Waals surface area (Å²) in [7, 11) is -4.52. The van der Waals surface area contributed by atoms with E-state index in [4.69, 9.17) is 0 Å². The molecule has 88 valence electrons. The highest BCUT2D eigenvalue weighted by Crippen LogP contribution is 2.23. The van der Waals surface area contributed by atoms with Crippen LogP contribution in [0.15, 0.2) is 29.2 Å². The van der Waals surface area contributed by atoms with E-state index in [1.54, 1.807) is 0 Å². The van der Waals surface area contributed by atoms with Crippen LogP contribution in [0.2, 0.25) is 0 Å². The Morgan fingerprint density at radius 3 is 2.25 bits per heavy atom. The SMILES string of the molecule is O=Cc1ccccc1S(=O)(=O)CC(F)(F)F. The molecule has 0 fully saturated rings. The Bertz CT molecular complexity index is 491. The fraction of sp³-hybridized carbons (Fsp3) is 0.222. The van der Waals surface area contributed by atoms with Crippen molar-refractivity contribution in [3.05, 3.63) is 29.8 Å². The molecule has 0 N–H and O–H groups in total. The molecule has 7 heteroatoms. The average molecular weight is 252 g/mol. The van der Waals surface area contributed by atoms with E-state index >= 15 is 0 Å². The van der Waals surface area contributed by atoms with E-state index < -0.39 is 26.7 Å². The lowest BCUT2D eigenvalue weighted by atomic mass is 10.2. The number of halogens is 3. The molecule has 0 aliphatic carbocycles. The Hall–Kier alpha value is -1.37. The van der Waals surface area contributed by atoms with Crippen molar-refractivity contribution >= 4 is 16.1 Å². The van der Waals surface area contributed by atoms with Gasteiger partial charge in [0, 0.05) is 5.56 Å². The number of aldehydes is 1. The van der Waals surface area contributed by atoms with Gasteiger partial charge < -0.3 is 0 Å². The van der Waals surface area contributed by atoms with E-state index in [9.17, 15) is 26.4 Å². The van der Waals surface area contributed by atoms with Gasteiger partial charge in [-0.3, -0.25) is 4.79 Å². The molecule has 3 nitrogen and oxygen atoms in total. The molecule has 0 atom stereocenters. The molecule has 0 aromatic heterocycles. The third-order valence-electron chi connectivity index (χ3n) is 1.73. The number of hydrogen-bond acceptors (Lipinski definition) is 3. The Labute approximate surface area is 89.8 Å². The fourth-order valence-electron chi connectivity index (χ4n) is 1.15. The van der Waals surface area contributed by atoms with E-state index in [1.165, 1.54) is 12.1 Å². The summed E-state index contributed by atoms with van der Waals surface area (Å²) < 4.78 is 58.7.